The molecular weight excluding hydrogens is 404 g/mol. The van der Waals surface area contributed by atoms with Crippen LogP contribution in [0.2, 0.25) is 0 Å². The van der Waals surface area contributed by atoms with E-state index in [0.717, 1.165) is 29.5 Å². The predicted molar refractivity (Wildman–Crippen MR) is 116 cm³/mol. The molecule has 0 spiro atoms. The highest BCUT2D eigenvalue weighted by molar-refractivity contribution is 7.13. The van der Waals surface area contributed by atoms with Crippen LogP contribution in [-0.2, 0) is 4.74 Å². The molecule has 1 amide bonds. The first-order chi connectivity index (χ1) is 14.7. The Morgan fingerprint density at radius 1 is 1.13 bits per heavy atom. The first-order valence-electron chi connectivity index (χ1n) is 9.45. The molecule has 1 aliphatic heterocycles. The van der Waals surface area contributed by atoms with Gasteiger partial charge in [0.15, 0.2) is 0 Å². The molecule has 1 aromatic carbocycles. The van der Waals surface area contributed by atoms with Crippen molar-refractivity contribution in [2.75, 3.05) is 50.7 Å². The number of carbonyl (C=O) groups excluding carboxylic acids is 1. The molecule has 2 aromatic heterocycles. The fourth-order valence-corrected chi connectivity index (χ4v) is 3.90. The van der Waals surface area contributed by atoms with Crippen molar-refractivity contribution in [2.24, 2.45) is 0 Å². The Hall–Kier alpha value is -3.17. The summed E-state index contributed by atoms with van der Waals surface area (Å²) in [6.07, 6.45) is 1.77. The van der Waals surface area contributed by atoms with Gasteiger partial charge in [-0.15, -0.1) is 11.3 Å². The first kappa shape index (κ1) is 20.1. The number of anilines is 2. The summed E-state index contributed by atoms with van der Waals surface area (Å²) in [5, 5.41) is 5.36. The highest BCUT2D eigenvalue weighted by Gasteiger charge is 2.16. The van der Waals surface area contributed by atoms with Gasteiger partial charge in [0, 0.05) is 54.1 Å². The number of morpholine rings is 1. The molecule has 30 heavy (non-hydrogen) atoms. The molecule has 0 bridgehead atoms. The van der Waals surface area contributed by atoms with Crippen molar-refractivity contribution < 1.29 is 19.0 Å². The van der Waals surface area contributed by atoms with Crippen LogP contribution in [0.25, 0.3) is 10.6 Å². The Morgan fingerprint density at radius 3 is 2.57 bits per heavy atom. The van der Waals surface area contributed by atoms with Gasteiger partial charge in [0.1, 0.15) is 28.0 Å². The van der Waals surface area contributed by atoms with Crippen LogP contribution in [-0.4, -0.2) is 56.4 Å². The van der Waals surface area contributed by atoms with Crippen LogP contribution in [0.5, 0.6) is 11.5 Å². The van der Waals surface area contributed by atoms with E-state index < -0.39 is 0 Å². The third kappa shape index (κ3) is 4.52. The summed E-state index contributed by atoms with van der Waals surface area (Å²) in [5.74, 6) is 1.78. The zero-order valence-corrected chi connectivity index (χ0v) is 17.6. The van der Waals surface area contributed by atoms with Gasteiger partial charge in [0.05, 0.1) is 27.4 Å². The lowest BCUT2D eigenvalue weighted by molar-refractivity contribution is 0.102. The van der Waals surface area contributed by atoms with Gasteiger partial charge in [-0.05, 0) is 12.1 Å². The number of pyridine rings is 1. The van der Waals surface area contributed by atoms with E-state index >= 15 is 0 Å². The highest BCUT2D eigenvalue weighted by Crippen LogP contribution is 2.28. The Bertz CT molecular complexity index is 1010. The third-order valence-corrected chi connectivity index (χ3v) is 5.57. The number of nitrogens with zero attached hydrogens (tertiary/aromatic N) is 3. The van der Waals surface area contributed by atoms with Gasteiger partial charge in [-0.3, -0.25) is 4.79 Å². The SMILES string of the molecule is COc1cc(NC(=O)c2csc(-c3ccnc(N4CCOCC4)c3)n2)cc(OC)c1. The van der Waals surface area contributed by atoms with Crippen LogP contribution in [0, 0.1) is 0 Å². The van der Waals surface area contributed by atoms with E-state index in [0.29, 0.717) is 36.1 Å². The monoisotopic (exact) mass is 426 g/mol. The van der Waals surface area contributed by atoms with Crippen LogP contribution >= 0.6 is 11.3 Å². The molecule has 1 aliphatic rings. The fourth-order valence-electron chi connectivity index (χ4n) is 3.10. The fraction of sp³-hybridized carbons (Fsp3) is 0.286. The van der Waals surface area contributed by atoms with Crippen LogP contribution in [0.1, 0.15) is 10.5 Å². The van der Waals surface area contributed by atoms with E-state index in [2.05, 4.69) is 20.2 Å². The first-order valence-corrected chi connectivity index (χ1v) is 10.3. The van der Waals surface area contributed by atoms with Crippen LogP contribution in [0.4, 0.5) is 11.5 Å². The number of hydrogen-bond donors (Lipinski definition) is 1. The molecular formula is C21H22N4O4S. The summed E-state index contributed by atoms with van der Waals surface area (Å²) in [7, 11) is 3.12. The van der Waals surface area contributed by atoms with Gasteiger partial charge in [-0.25, -0.2) is 9.97 Å². The van der Waals surface area contributed by atoms with Gasteiger partial charge < -0.3 is 24.4 Å². The van der Waals surface area contributed by atoms with Crippen LogP contribution in [0.3, 0.4) is 0 Å². The summed E-state index contributed by atoms with van der Waals surface area (Å²) in [6.45, 7) is 3.02. The second-order valence-electron chi connectivity index (χ2n) is 6.60. The summed E-state index contributed by atoms with van der Waals surface area (Å²) in [5.41, 5.74) is 1.85. The van der Waals surface area contributed by atoms with Crippen molar-refractivity contribution in [1.82, 2.24) is 9.97 Å². The van der Waals surface area contributed by atoms with Crippen molar-refractivity contribution in [3.63, 3.8) is 0 Å². The maximum atomic E-state index is 12.7. The number of carbonyl (C=O) groups is 1. The molecule has 1 N–H and O–H groups in total. The molecule has 0 saturated carbocycles. The lowest BCUT2D eigenvalue weighted by Gasteiger charge is -2.27. The molecule has 4 rings (SSSR count). The van der Waals surface area contributed by atoms with Crippen molar-refractivity contribution in [3.8, 4) is 22.1 Å². The maximum Gasteiger partial charge on any atom is 0.275 e. The maximum absolute atomic E-state index is 12.7. The van der Waals surface area contributed by atoms with E-state index in [1.165, 1.54) is 11.3 Å². The Morgan fingerprint density at radius 2 is 1.87 bits per heavy atom. The van der Waals surface area contributed by atoms with E-state index in [9.17, 15) is 4.79 Å². The second kappa shape index (κ2) is 9.10. The third-order valence-electron chi connectivity index (χ3n) is 4.67. The number of ether oxygens (including phenoxy) is 3. The number of rotatable bonds is 6. The van der Waals surface area contributed by atoms with Crippen molar-refractivity contribution in [3.05, 3.63) is 47.6 Å². The van der Waals surface area contributed by atoms with E-state index in [1.54, 1.807) is 44.0 Å². The molecule has 9 heteroatoms. The van der Waals surface area contributed by atoms with E-state index in [-0.39, 0.29) is 5.91 Å². The van der Waals surface area contributed by atoms with Crippen molar-refractivity contribution >= 4 is 28.7 Å². The molecule has 8 nitrogen and oxygen atoms in total. The molecule has 3 heterocycles. The topological polar surface area (TPSA) is 85.8 Å². The molecule has 1 fully saturated rings. The summed E-state index contributed by atoms with van der Waals surface area (Å²) in [6, 6.07) is 9.10. The average molecular weight is 426 g/mol. The summed E-state index contributed by atoms with van der Waals surface area (Å²) < 4.78 is 15.9. The minimum Gasteiger partial charge on any atom is -0.497 e. The van der Waals surface area contributed by atoms with Gasteiger partial charge in [0.25, 0.3) is 5.91 Å². The van der Waals surface area contributed by atoms with Crippen LogP contribution < -0.4 is 19.7 Å². The van der Waals surface area contributed by atoms with Crippen molar-refractivity contribution in [2.45, 2.75) is 0 Å². The summed E-state index contributed by atoms with van der Waals surface area (Å²) in [4.78, 5) is 23.9. The zero-order valence-electron chi connectivity index (χ0n) is 16.8. The quantitative estimate of drug-likeness (QED) is 0.647. The smallest absolute Gasteiger partial charge is 0.275 e. The minimum atomic E-state index is -0.296. The molecule has 0 aliphatic carbocycles. The number of benzene rings is 1. The van der Waals surface area contributed by atoms with E-state index in [1.807, 2.05) is 12.1 Å². The van der Waals surface area contributed by atoms with Gasteiger partial charge >= 0.3 is 0 Å². The number of nitrogens with one attached hydrogen (secondary N) is 1. The number of hydrogen-bond acceptors (Lipinski definition) is 8. The summed E-state index contributed by atoms with van der Waals surface area (Å²) >= 11 is 1.42. The lowest BCUT2D eigenvalue weighted by Crippen LogP contribution is -2.36. The zero-order chi connectivity index (χ0) is 20.9. The second-order valence-corrected chi connectivity index (χ2v) is 7.45. The highest BCUT2D eigenvalue weighted by atomic mass is 32.1. The number of amides is 1. The van der Waals surface area contributed by atoms with Crippen LogP contribution in [0.15, 0.2) is 41.9 Å². The molecule has 0 radical (unpaired) electrons. The Balaban J connectivity index is 1.51. The molecule has 0 unspecified atom stereocenters. The Labute approximate surface area is 178 Å². The average Bonchev–Trinajstić information content (AvgIpc) is 3.30. The minimum absolute atomic E-state index is 0.296. The largest absolute Gasteiger partial charge is 0.497 e. The molecule has 3 aromatic rings. The number of methoxy groups -OCH3 is 2. The van der Waals surface area contributed by atoms with Gasteiger partial charge in [0.2, 0.25) is 0 Å². The lowest BCUT2D eigenvalue weighted by atomic mass is 10.2. The van der Waals surface area contributed by atoms with Crippen molar-refractivity contribution in [1.29, 1.82) is 0 Å². The van der Waals surface area contributed by atoms with E-state index in [4.69, 9.17) is 14.2 Å². The van der Waals surface area contributed by atoms with Gasteiger partial charge in [-0.1, -0.05) is 0 Å². The Kier molecular flexibility index (Phi) is 6.10. The normalized spacial score (nSPS) is 13.7. The molecule has 0 atom stereocenters. The number of thiazole rings is 1. The predicted octanol–water partition coefficient (Wildman–Crippen LogP) is 3.31. The van der Waals surface area contributed by atoms with Gasteiger partial charge in [-0.2, -0.15) is 0 Å². The molecule has 156 valence electrons. The standard InChI is InChI=1S/C21H22N4O4S/c1-27-16-10-15(11-17(12-16)28-2)23-20(26)18-13-30-21(24-18)14-3-4-22-19(9-14)25-5-7-29-8-6-25/h3-4,9-13H,5-8H2,1-2H3,(H,23,26). The molecule has 1 saturated heterocycles. The number of aromatic nitrogens is 2.